The fourth-order valence-corrected chi connectivity index (χ4v) is 2.89. The molecule has 0 rings (SSSR count). The van der Waals surface area contributed by atoms with Crippen LogP contribution in [0.15, 0.2) is 11.8 Å². The van der Waals surface area contributed by atoms with Crippen LogP contribution in [0, 0.1) is 0 Å². The van der Waals surface area contributed by atoms with Crippen LogP contribution in [0.4, 0.5) is 0 Å². The molecule has 5 nitrogen and oxygen atoms in total. The average molecular weight is 349 g/mol. The van der Waals surface area contributed by atoms with Crippen LogP contribution in [0.3, 0.4) is 0 Å². The third kappa shape index (κ3) is 10.5. The van der Waals surface area contributed by atoms with Gasteiger partial charge in [0.2, 0.25) is 25.0 Å². The Hall–Kier alpha value is -0.869. The molecule has 0 spiro atoms. The summed E-state index contributed by atoms with van der Waals surface area (Å²) in [6, 6.07) is 0. The van der Waals surface area contributed by atoms with Crippen LogP contribution in [0.5, 0.6) is 0 Å². The predicted molar refractivity (Wildman–Crippen MR) is 91.4 cm³/mol. The van der Waals surface area contributed by atoms with Crippen LogP contribution in [-0.4, -0.2) is 36.9 Å². The summed E-state index contributed by atoms with van der Waals surface area (Å²) in [6.45, 7) is 17.2. The van der Waals surface area contributed by atoms with E-state index in [1.807, 2.05) is 58.9 Å². The molecule has 0 aromatic heterocycles. The molecule has 0 radical (unpaired) electrons. The number of carbonyl (C=O) groups excluding carboxylic acids is 2. The first-order valence-electron chi connectivity index (χ1n) is 6.95. The van der Waals surface area contributed by atoms with Crippen molar-refractivity contribution in [2.45, 2.75) is 58.9 Å². The molecule has 0 bridgehead atoms. The summed E-state index contributed by atoms with van der Waals surface area (Å²) in [4.78, 5) is 24.4. The van der Waals surface area contributed by atoms with Crippen molar-refractivity contribution in [1.29, 1.82) is 0 Å². The van der Waals surface area contributed by atoms with Gasteiger partial charge in [-0.3, -0.25) is 0 Å². The van der Waals surface area contributed by atoms with Gasteiger partial charge >= 0.3 is 11.9 Å². The van der Waals surface area contributed by atoms with Gasteiger partial charge in [-0.1, -0.05) is 0 Å². The largest absolute Gasteiger partial charge is 0.549 e. The molecule has 0 heterocycles. The van der Waals surface area contributed by atoms with Crippen LogP contribution in [0.25, 0.3) is 0 Å². The van der Waals surface area contributed by atoms with Gasteiger partial charge in [-0.15, -0.1) is 0 Å². The highest BCUT2D eigenvalue weighted by Crippen LogP contribution is 2.15. The number of rotatable bonds is 6. The molecule has 0 aliphatic carbocycles. The van der Waals surface area contributed by atoms with Crippen molar-refractivity contribution in [3.05, 3.63) is 11.8 Å². The SMILES string of the molecule is C[Si](C)(C)OC=C(C(=O)O[Si](C)(C)C)C(=O)O[Si](C)(C)C. The second-order valence-corrected chi connectivity index (χ2v) is 21.1. The average Bonchev–Trinajstić information content (AvgIpc) is 2.08. The van der Waals surface area contributed by atoms with E-state index < -0.39 is 36.9 Å². The normalized spacial score (nSPS) is 12.4. The minimum atomic E-state index is -2.09. The standard InChI is InChI=1S/C13H28O5Si3/c1-19(2,3)16-10-11(12(14)17-20(4,5)6)13(15)18-21(7,8)9/h10H,1-9H3. The maximum Gasteiger partial charge on any atom is 0.335 e. The molecule has 0 saturated heterocycles. The minimum absolute atomic E-state index is 0.151. The molecule has 0 aromatic rings. The van der Waals surface area contributed by atoms with Gasteiger partial charge in [-0.2, -0.15) is 0 Å². The summed E-state index contributed by atoms with van der Waals surface area (Å²) in [6.07, 6.45) is 1.22. The molecule has 0 aromatic carbocycles. The lowest BCUT2D eigenvalue weighted by Crippen LogP contribution is -2.36. The fraction of sp³-hybridized carbons (Fsp3) is 0.692. The molecule has 8 heteroatoms. The second-order valence-electron chi connectivity index (χ2n) is 7.77. The molecule has 0 saturated carbocycles. The highest BCUT2D eigenvalue weighted by Gasteiger charge is 2.31. The highest BCUT2D eigenvalue weighted by molar-refractivity contribution is 6.72. The van der Waals surface area contributed by atoms with Crippen LogP contribution >= 0.6 is 0 Å². The zero-order chi connectivity index (χ0) is 17.1. The summed E-state index contributed by atoms with van der Waals surface area (Å²) in [5, 5.41) is 0. The first kappa shape index (κ1) is 20.1. The van der Waals surface area contributed by atoms with E-state index in [0.717, 1.165) is 0 Å². The maximum absolute atomic E-state index is 12.2. The quantitative estimate of drug-likeness (QED) is 0.242. The van der Waals surface area contributed by atoms with E-state index in [9.17, 15) is 9.59 Å². The van der Waals surface area contributed by atoms with Crippen molar-refractivity contribution in [1.82, 2.24) is 0 Å². The third-order valence-electron chi connectivity index (χ3n) is 1.77. The molecule has 0 aliphatic rings. The van der Waals surface area contributed by atoms with E-state index in [-0.39, 0.29) is 5.57 Å². The van der Waals surface area contributed by atoms with Crippen molar-refractivity contribution < 1.29 is 22.9 Å². The van der Waals surface area contributed by atoms with Gasteiger partial charge in [0.05, 0.1) is 6.26 Å². The number of hydrogen-bond acceptors (Lipinski definition) is 5. The van der Waals surface area contributed by atoms with E-state index in [1.54, 1.807) is 0 Å². The first-order valence-corrected chi connectivity index (χ1v) is 17.2. The van der Waals surface area contributed by atoms with Gasteiger partial charge in [0, 0.05) is 0 Å². The topological polar surface area (TPSA) is 61.8 Å². The van der Waals surface area contributed by atoms with Crippen LogP contribution in [0.2, 0.25) is 58.9 Å². The molecule has 0 N–H and O–H groups in total. The number of hydrogen-bond donors (Lipinski definition) is 0. The summed E-state index contributed by atoms with van der Waals surface area (Å²) in [5.41, 5.74) is -0.151. The third-order valence-corrected chi connectivity index (χ3v) is 4.19. The molecule has 21 heavy (non-hydrogen) atoms. The van der Waals surface area contributed by atoms with Gasteiger partial charge in [0.15, 0.2) is 5.57 Å². The molecule has 0 aliphatic heterocycles. The van der Waals surface area contributed by atoms with Gasteiger partial charge in [0.1, 0.15) is 0 Å². The Kier molecular flexibility index (Phi) is 6.64. The Balaban J connectivity index is 5.29. The van der Waals surface area contributed by atoms with Gasteiger partial charge in [-0.05, 0) is 58.9 Å². The first-order chi connectivity index (χ1) is 9.11. The van der Waals surface area contributed by atoms with E-state index in [4.69, 9.17) is 13.3 Å². The Morgan fingerprint density at radius 2 is 1.00 bits per heavy atom. The summed E-state index contributed by atoms with van der Waals surface area (Å²) < 4.78 is 16.3. The maximum atomic E-state index is 12.2. The molecule has 0 atom stereocenters. The molecule has 0 unspecified atom stereocenters. The summed E-state index contributed by atoms with van der Waals surface area (Å²) in [7, 11) is -6.09. The van der Waals surface area contributed by atoms with Gasteiger partial charge in [-0.25, -0.2) is 9.59 Å². The Morgan fingerprint density at radius 3 is 1.24 bits per heavy atom. The zero-order valence-corrected chi connectivity index (χ0v) is 17.6. The minimum Gasteiger partial charge on any atom is -0.549 e. The Morgan fingerprint density at radius 1 is 0.667 bits per heavy atom. The summed E-state index contributed by atoms with van der Waals surface area (Å²) in [5.74, 6) is -1.31. The highest BCUT2D eigenvalue weighted by atomic mass is 28.4. The van der Waals surface area contributed by atoms with Crippen molar-refractivity contribution in [2.24, 2.45) is 0 Å². The van der Waals surface area contributed by atoms with E-state index in [0.29, 0.717) is 0 Å². The van der Waals surface area contributed by atoms with Crippen LogP contribution in [0.1, 0.15) is 0 Å². The van der Waals surface area contributed by atoms with Crippen molar-refractivity contribution in [3.8, 4) is 0 Å². The predicted octanol–water partition coefficient (Wildman–Crippen LogP) is 3.48. The molecular weight excluding hydrogens is 320 g/mol. The van der Waals surface area contributed by atoms with E-state index in [2.05, 4.69) is 0 Å². The molecule has 0 amide bonds. The number of carbonyl (C=O) groups is 2. The van der Waals surface area contributed by atoms with E-state index in [1.165, 1.54) is 6.26 Å². The molecular formula is C13H28O5Si3. The van der Waals surface area contributed by atoms with Crippen LogP contribution in [-0.2, 0) is 22.9 Å². The lowest BCUT2D eigenvalue weighted by Gasteiger charge is -2.22. The van der Waals surface area contributed by atoms with E-state index >= 15 is 0 Å². The lowest BCUT2D eigenvalue weighted by atomic mass is 10.3. The van der Waals surface area contributed by atoms with Crippen molar-refractivity contribution in [3.63, 3.8) is 0 Å². The van der Waals surface area contributed by atoms with Crippen molar-refractivity contribution >= 4 is 36.9 Å². The van der Waals surface area contributed by atoms with Gasteiger partial charge in [0.25, 0.3) is 0 Å². The van der Waals surface area contributed by atoms with Gasteiger partial charge < -0.3 is 13.3 Å². The molecule has 122 valence electrons. The zero-order valence-electron chi connectivity index (χ0n) is 14.6. The Labute approximate surface area is 131 Å². The smallest absolute Gasteiger partial charge is 0.335 e. The van der Waals surface area contributed by atoms with Crippen molar-refractivity contribution in [2.75, 3.05) is 0 Å². The second kappa shape index (κ2) is 6.93. The van der Waals surface area contributed by atoms with Crippen LogP contribution < -0.4 is 0 Å². The molecule has 0 fully saturated rings. The Bertz CT molecular complexity index is 395. The lowest BCUT2D eigenvalue weighted by molar-refractivity contribution is -0.138. The summed E-state index contributed by atoms with van der Waals surface area (Å²) >= 11 is 0. The fourth-order valence-electron chi connectivity index (χ4n) is 1.08. The monoisotopic (exact) mass is 348 g/mol.